The van der Waals surface area contributed by atoms with Crippen LogP contribution in [0.2, 0.25) is 0 Å². The molecule has 0 spiro atoms. The fraction of sp³-hybridized carbons (Fsp3) is 0.321. The topological polar surface area (TPSA) is 68.2 Å². The summed E-state index contributed by atoms with van der Waals surface area (Å²) < 4.78 is 16.7. The van der Waals surface area contributed by atoms with Gasteiger partial charge < -0.3 is 19.3 Å². The Bertz CT molecular complexity index is 1130. The quantitative estimate of drug-likeness (QED) is 0.480. The molecule has 3 aromatic rings. The third kappa shape index (κ3) is 4.73. The zero-order chi connectivity index (χ0) is 24.1. The highest BCUT2D eigenvalue weighted by molar-refractivity contribution is 5.75. The number of aliphatic carboxylic acids is 1. The van der Waals surface area contributed by atoms with E-state index in [9.17, 15) is 9.90 Å². The van der Waals surface area contributed by atoms with Crippen LogP contribution in [0.1, 0.15) is 40.8 Å². The molecule has 1 N–H and O–H groups in total. The van der Waals surface area contributed by atoms with Crippen LogP contribution in [0.3, 0.4) is 0 Å². The van der Waals surface area contributed by atoms with Crippen LogP contribution in [0.4, 0.5) is 0 Å². The van der Waals surface area contributed by atoms with E-state index in [4.69, 9.17) is 14.2 Å². The molecule has 6 nitrogen and oxygen atoms in total. The molecule has 34 heavy (non-hydrogen) atoms. The van der Waals surface area contributed by atoms with Crippen molar-refractivity contribution >= 4 is 5.97 Å². The SMILES string of the molecule is COc1ccccc1CCC1c2cc(OC)c(OC)cc2CCN1C(C(=O)O)c1ccccc1. The number of rotatable bonds is 9. The highest BCUT2D eigenvalue weighted by Gasteiger charge is 2.37. The first-order valence-corrected chi connectivity index (χ1v) is 11.5. The first kappa shape index (κ1) is 23.6. The van der Waals surface area contributed by atoms with Gasteiger partial charge in [0.15, 0.2) is 11.5 Å². The lowest BCUT2D eigenvalue weighted by Gasteiger charge is -2.41. The van der Waals surface area contributed by atoms with Crippen LogP contribution in [0.25, 0.3) is 0 Å². The molecule has 2 atom stereocenters. The molecule has 0 aromatic heterocycles. The number of carbonyl (C=O) groups is 1. The molecule has 0 fully saturated rings. The third-order valence-corrected chi connectivity index (χ3v) is 6.60. The zero-order valence-corrected chi connectivity index (χ0v) is 19.9. The molecule has 3 aromatic carbocycles. The smallest absolute Gasteiger partial charge is 0.325 e. The van der Waals surface area contributed by atoms with Crippen molar-refractivity contribution < 1.29 is 24.1 Å². The molecule has 2 unspecified atom stereocenters. The summed E-state index contributed by atoms with van der Waals surface area (Å²) in [6, 6.07) is 20.6. The molecule has 0 bridgehead atoms. The molecule has 0 aliphatic carbocycles. The van der Waals surface area contributed by atoms with Gasteiger partial charge in [0.25, 0.3) is 0 Å². The van der Waals surface area contributed by atoms with Gasteiger partial charge in [-0.2, -0.15) is 0 Å². The molecule has 0 radical (unpaired) electrons. The second kappa shape index (κ2) is 10.6. The van der Waals surface area contributed by atoms with Crippen LogP contribution in [0.15, 0.2) is 66.7 Å². The fourth-order valence-electron chi connectivity index (χ4n) is 4.99. The predicted octanol–water partition coefficient (Wildman–Crippen LogP) is 5.07. The Balaban J connectivity index is 1.77. The average molecular weight is 462 g/mol. The number of ether oxygens (including phenoxy) is 3. The summed E-state index contributed by atoms with van der Waals surface area (Å²) in [6.07, 6.45) is 2.22. The number of hydrogen-bond acceptors (Lipinski definition) is 5. The lowest BCUT2D eigenvalue weighted by atomic mass is 9.86. The summed E-state index contributed by atoms with van der Waals surface area (Å²) in [4.78, 5) is 14.7. The second-order valence-corrected chi connectivity index (χ2v) is 8.41. The summed E-state index contributed by atoms with van der Waals surface area (Å²) in [7, 11) is 4.93. The van der Waals surface area contributed by atoms with Gasteiger partial charge in [-0.1, -0.05) is 48.5 Å². The van der Waals surface area contributed by atoms with Crippen molar-refractivity contribution in [1.29, 1.82) is 0 Å². The number of benzene rings is 3. The first-order chi connectivity index (χ1) is 16.6. The number of carboxylic acids is 1. The van der Waals surface area contributed by atoms with E-state index in [1.807, 2.05) is 60.7 Å². The number of hydrogen-bond donors (Lipinski definition) is 1. The van der Waals surface area contributed by atoms with Gasteiger partial charge in [-0.3, -0.25) is 9.69 Å². The maximum Gasteiger partial charge on any atom is 0.325 e. The van der Waals surface area contributed by atoms with E-state index in [1.54, 1.807) is 21.3 Å². The Morgan fingerprint density at radius 2 is 1.59 bits per heavy atom. The van der Waals surface area contributed by atoms with Crippen LogP contribution in [0.5, 0.6) is 17.2 Å². The van der Waals surface area contributed by atoms with Gasteiger partial charge in [0, 0.05) is 12.6 Å². The molecule has 0 saturated heterocycles. The summed E-state index contributed by atoms with van der Waals surface area (Å²) >= 11 is 0. The molecule has 0 saturated carbocycles. The standard InChI is InChI=1S/C28H31NO5/c1-32-24-12-8-7-9-19(24)13-14-23-22-18-26(34-3)25(33-2)17-21(22)15-16-29(23)27(28(30)31)20-10-5-4-6-11-20/h4-12,17-18,23,27H,13-16H2,1-3H3,(H,30,31). The van der Waals surface area contributed by atoms with Crippen molar-refractivity contribution in [3.8, 4) is 17.2 Å². The fourth-order valence-corrected chi connectivity index (χ4v) is 4.99. The zero-order valence-electron chi connectivity index (χ0n) is 19.9. The number of aryl methyl sites for hydroxylation is 1. The molecule has 4 rings (SSSR count). The van der Waals surface area contributed by atoms with E-state index in [2.05, 4.69) is 11.0 Å². The first-order valence-electron chi connectivity index (χ1n) is 11.5. The van der Waals surface area contributed by atoms with E-state index >= 15 is 0 Å². The number of nitrogens with zero attached hydrogens (tertiary/aromatic N) is 1. The van der Waals surface area contributed by atoms with Crippen molar-refractivity contribution in [2.75, 3.05) is 27.9 Å². The Kier molecular flexibility index (Phi) is 7.38. The van der Waals surface area contributed by atoms with E-state index in [0.717, 1.165) is 47.3 Å². The largest absolute Gasteiger partial charge is 0.496 e. The van der Waals surface area contributed by atoms with Gasteiger partial charge in [-0.15, -0.1) is 0 Å². The van der Waals surface area contributed by atoms with Crippen molar-refractivity contribution in [3.05, 3.63) is 89.0 Å². The summed E-state index contributed by atoms with van der Waals surface area (Å²) in [6.45, 7) is 0.630. The van der Waals surface area contributed by atoms with Crippen LogP contribution >= 0.6 is 0 Å². The van der Waals surface area contributed by atoms with Gasteiger partial charge in [0.05, 0.1) is 21.3 Å². The summed E-state index contributed by atoms with van der Waals surface area (Å²) in [5.41, 5.74) is 4.13. The van der Waals surface area contributed by atoms with Gasteiger partial charge in [-0.25, -0.2) is 0 Å². The van der Waals surface area contributed by atoms with E-state index in [0.29, 0.717) is 18.0 Å². The normalized spacial score (nSPS) is 16.4. The highest BCUT2D eigenvalue weighted by Crippen LogP contribution is 2.43. The predicted molar refractivity (Wildman–Crippen MR) is 131 cm³/mol. The maximum atomic E-state index is 12.5. The molecular formula is C28H31NO5. The molecule has 1 heterocycles. The molecule has 0 amide bonds. The number of carboxylic acid groups (broad SMARTS) is 1. The number of fused-ring (bicyclic) bond motifs is 1. The highest BCUT2D eigenvalue weighted by atomic mass is 16.5. The number of para-hydroxylation sites is 1. The molecule has 6 heteroatoms. The van der Waals surface area contributed by atoms with Crippen LogP contribution in [-0.4, -0.2) is 43.8 Å². The Labute approximate surface area is 200 Å². The van der Waals surface area contributed by atoms with E-state index in [1.165, 1.54) is 0 Å². The minimum absolute atomic E-state index is 0.116. The van der Waals surface area contributed by atoms with Crippen LogP contribution in [0, 0.1) is 0 Å². The molecule has 1 aliphatic heterocycles. The van der Waals surface area contributed by atoms with Crippen LogP contribution in [-0.2, 0) is 17.6 Å². The lowest BCUT2D eigenvalue weighted by Crippen LogP contribution is -2.41. The van der Waals surface area contributed by atoms with Gasteiger partial charge >= 0.3 is 5.97 Å². The van der Waals surface area contributed by atoms with E-state index in [-0.39, 0.29) is 6.04 Å². The second-order valence-electron chi connectivity index (χ2n) is 8.41. The Hall–Kier alpha value is -3.51. The van der Waals surface area contributed by atoms with E-state index < -0.39 is 12.0 Å². The summed E-state index contributed by atoms with van der Waals surface area (Å²) in [5.74, 6) is 1.33. The van der Waals surface area contributed by atoms with Crippen molar-refractivity contribution in [1.82, 2.24) is 4.90 Å². The Morgan fingerprint density at radius 3 is 2.26 bits per heavy atom. The average Bonchev–Trinajstić information content (AvgIpc) is 2.87. The summed E-state index contributed by atoms with van der Waals surface area (Å²) in [5, 5.41) is 10.3. The minimum atomic E-state index is -0.850. The van der Waals surface area contributed by atoms with Crippen molar-refractivity contribution in [2.24, 2.45) is 0 Å². The monoisotopic (exact) mass is 461 g/mol. The van der Waals surface area contributed by atoms with Gasteiger partial charge in [-0.05, 0) is 59.7 Å². The van der Waals surface area contributed by atoms with Crippen LogP contribution < -0.4 is 14.2 Å². The van der Waals surface area contributed by atoms with Crippen molar-refractivity contribution in [2.45, 2.75) is 31.3 Å². The van der Waals surface area contributed by atoms with Gasteiger partial charge in [0.2, 0.25) is 0 Å². The molecule has 178 valence electrons. The van der Waals surface area contributed by atoms with Crippen molar-refractivity contribution in [3.63, 3.8) is 0 Å². The molecular weight excluding hydrogens is 430 g/mol. The van der Waals surface area contributed by atoms with Gasteiger partial charge in [0.1, 0.15) is 11.8 Å². The Morgan fingerprint density at radius 1 is 0.941 bits per heavy atom. The molecule has 1 aliphatic rings. The third-order valence-electron chi connectivity index (χ3n) is 6.60. The minimum Gasteiger partial charge on any atom is -0.496 e. The maximum absolute atomic E-state index is 12.5. The lowest BCUT2D eigenvalue weighted by molar-refractivity contribution is -0.145. The number of methoxy groups -OCH3 is 3.